The van der Waals surface area contributed by atoms with Crippen molar-refractivity contribution in [2.24, 2.45) is 0 Å². The first kappa shape index (κ1) is 13.5. The van der Waals surface area contributed by atoms with Crippen LogP contribution in [0.5, 0.6) is 0 Å². The predicted molar refractivity (Wildman–Crippen MR) is 75.5 cm³/mol. The molecule has 0 bridgehead atoms. The number of anilines is 2. The molecule has 98 valence electrons. The SMILES string of the molecule is Cc1cc(Nc2ccc(F)c(Br)c2)ccc1C(=O)O. The zero-order chi connectivity index (χ0) is 14.0. The quantitative estimate of drug-likeness (QED) is 0.883. The topological polar surface area (TPSA) is 49.3 Å². The molecule has 2 N–H and O–H groups in total. The minimum absolute atomic E-state index is 0.269. The number of benzene rings is 2. The molecule has 0 fully saturated rings. The normalized spacial score (nSPS) is 10.3. The number of halogens is 2. The van der Waals surface area contributed by atoms with Gasteiger partial charge in [0.15, 0.2) is 0 Å². The zero-order valence-electron chi connectivity index (χ0n) is 10.1. The third-order valence-electron chi connectivity index (χ3n) is 2.67. The molecule has 3 nitrogen and oxygen atoms in total. The molecule has 2 rings (SSSR count). The second-order valence-corrected chi connectivity index (χ2v) is 4.94. The Bertz CT molecular complexity index is 643. The van der Waals surface area contributed by atoms with Gasteiger partial charge in [-0.2, -0.15) is 0 Å². The van der Waals surface area contributed by atoms with Gasteiger partial charge in [0.1, 0.15) is 5.82 Å². The molecule has 0 radical (unpaired) electrons. The average Bonchev–Trinajstić information content (AvgIpc) is 2.33. The Balaban J connectivity index is 2.26. The molecule has 0 aliphatic carbocycles. The Kier molecular flexibility index (Phi) is 3.85. The van der Waals surface area contributed by atoms with Crippen LogP contribution in [-0.4, -0.2) is 11.1 Å². The number of rotatable bonds is 3. The monoisotopic (exact) mass is 323 g/mol. The lowest BCUT2D eigenvalue weighted by Crippen LogP contribution is -2.00. The van der Waals surface area contributed by atoms with Gasteiger partial charge in [-0.1, -0.05) is 0 Å². The van der Waals surface area contributed by atoms with Gasteiger partial charge in [-0.3, -0.25) is 0 Å². The van der Waals surface area contributed by atoms with E-state index in [2.05, 4.69) is 21.2 Å². The maximum Gasteiger partial charge on any atom is 0.335 e. The molecule has 0 aliphatic heterocycles. The Labute approximate surface area is 118 Å². The Morgan fingerprint density at radius 3 is 2.42 bits per heavy atom. The molecule has 0 unspecified atom stereocenters. The number of hydrogen-bond donors (Lipinski definition) is 2. The molecule has 19 heavy (non-hydrogen) atoms. The van der Waals surface area contributed by atoms with Gasteiger partial charge in [-0.25, -0.2) is 9.18 Å². The fraction of sp³-hybridized carbons (Fsp3) is 0.0714. The minimum Gasteiger partial charge on any atom is -0.478 e. The molecule has 2 aromatic rings. The molecular weight excluding hydrogens is 313 g/mol. The van der Waals surface area contributed by atoms with Gasteiger partial charge in [-0.05, 0) is 64.8 Å². The second-order valence-electron chi connectivity index (χ2n) is 4.09. The fourth-order valence-corrected chi connectivity index (χ4v) is 2.10. The number of carboxylic acids is 1. The first-order valence-corrected chi connectivity index (χ1v) is 6.32. The molecule has 0 atom stereocenters. The first-order chi connectivity index (χ1) is 8.97. The number of carbonyl (C=O) groups is 1. The van der Waals surface area contributed by atoms with Crippen molar-refractivity contribution in [1.82, 2.24) is 0 Å². The third-order valence-corrected chi connectivity index (χ3v) is 3.27. The van der Waals surface area contributed by atoms with Crippen LogP contribution in [0.2, 0.25) is 0 Å². The fourth-order valence-electron chi connectivity index (χ4n) is 1.72. The lowest BCUT2D eigenvalue weighted by atomic mass is 10.1. The lowest BCUT2D eigenvalue weighted by Gasteiger charge is -2.09. The van der Waals surface area contributed by atoms with Gasteiger partial charge < -0.3 is 10.4 Å². The van der Waals surface area contributed by atoms with Gasteiger partial charge in [-0.15, -0.1) is 0 Å². The van der Waals surface area contributed by atoms with E-state index in [4.69, 9.17) is 5.11 Å². The molecule has 0 amide bonds. The number of nitrogens with one attached hydrogen (secondary N) is 1. The van der Waals surface area contributed by atoms with Gasteiger partial charge in [0.2, 0.25) is 0 Å². The maximum absolute atomic E-state index is 13.1. The van der Waals surface area contributed by atoms with Crippen molar-refractivity contribution in [1.29, 1.82) is 0 Å². The van der Waals surface area contributed by atoms with Crippen LogP contribution in [0.15, 0.2) is 40.9 Å². The highest BCUT2D eigenvalue weighted by Crippen LogP contribution is 2.24. The van der Waals surface area contributed by atoms with E-state index in [1.165, 1.54) is 6.07 Å². The number of aromatic carboxylic acids is 1. The number of carboxylic acid groups (broad SMARTS) is 1. The van der Waals surface area contributed by atoms with Crippen LogP contribution in [0.1, 0.15) is 15.9 Å². The molecule has 2 aromatic carbocycles. The van der Waals surface area contributed by atoms with Crippen molar-refractivity contribution in [3.8, 4) is 0 Å². The maximum atomic E-state index is 13.1. The van der Waals surface area contributed by atoms with E-state index in [1.807, 2.05) is 0 Å². The largest absolute Gasteiger partial charge is 0.478 e. The Morgan fingerprint density at radius 1 is 1.21 bits per heavy atom. The van der Waals surface area contributed by atoms with Gasteiger partial charge in [0.05, 0.1) is 10.0 Å². The van der Waals surface area contributed by atoms with E-state index in [9.17, 15) is 9.18 Å². The van der Waals surface area contributed by atoms with E-state index in [-0.39, 0.29) is 11.4 Å². The van der Waals surface area contributed by atoms with Crippen molar-refractivity contribution < 1.29 is 14.3 Å². The minimum atomic E-state index is -0.950. The second kappa shape index (κ2) is 5.40. The van der Waals surface area contributed by atoms with E-state index < -0.39 is 5.97 Å². The standard InChI is InChI=1S/C14H11BrFNO2/c1-8-6-9(2-4-11(8)14(18)19)17-10-3-5-13(16)12(15)7-10/h2-7,17H,1H3,(H,18,19). The third kappa shape index (κ3) is 3.12. The summed E-state index contributed by atoms with van der Waals surface area (Å²) in [4.78, 5) is 10.9. The van der Waals surface area contributed by atoms with Crippen LogP contribution in [0.3, 0.4) is 0 Å². The summed E-state index contributed by atoms with van der Waals surface area (Å²) < 4.78 is 13.5. The van der Waals surface area contributed by atoms with Crippen molar-refractivity contribution in [3.05, 3.63) is 57.8 Å². The first-order valence-electron chi connectivity index (χ1n) is 5.53. The highest BCUT2D eigenvalue weighted by molar-refractivity contribution is 9.10. The smallest absolute Gasteiger partial charge is 0.335 e. The molecule has 0 heterocycles. The molecule has 0 aliphatic rings. The molecule has 0 spiro atoms. The van der Waals surface area contributed by atoms with E-state index in [0.717, 1.165) is 11.4 Å². The molecule has 0 saturated heterocycles. The van der Waals surface area contributed by atoms with Crippen LogP contribution in [0.4, 0.5) is 15.8 Å². The van der Waals surface area contributed by atoms with Crippen molar-refractivity contribution in [2.45, 2.75) is 6.92 Å². The summed E-state index contributed by atoms with van der Waals surface area (Å²) in [5.74, 6) is -1.28. The molecular formula is C14H11BrFNO2. The van der Waals surface area contributed by atoms with Crippen LogP contribution < -0.4 is 5.32 Å². The lowest BCUT2D eigenvalue weighted by molar-refractivity contribution is 0.0696. The summed E-state index contributed by atoms with van der Waals surface area (Å²) in [6.45, 7) is 1.73. The van der Waals surface area contributed by atoms with E-state index >= 15 is 0 Å². The summed E-state index contributed by atoms with van der Waals surface area (Å²) in [6.07, 6.45) is 0. The highest BCUT2D eigenvalue weighted by Gasteiger charge is 2.07. The Hall–Kier alpha value is -1.88. The van der Waals surface area contributed by atoms with Crippen LogP contribution in [0, 0.1) is 12.7 Å². The summed E-state index contributed by atoms with van der Waals surface area (Å²) >= 11 is 3.11. The Morgan fingerprint density at radius 2 is 1.84 bits per heavy atom. The van der Waals surface area contributed by atoms with Crippen LogP contribution in [-0.2, 0) is 0 Å². The van der Waals surface area contributed by atoms with Crippen molar-refractivity contribution in [2.75, 3.05) is 5.32 Å². The number of aryl methyl sites for hydroxylation is 1. The van der Waals surface area contributed by atoms with Gasteiger partial charge in [0, 0.05) is 11.4 Å². The summed E-state index contributed by atoms with van der Waals surface area (Å²) in [5.41, 5.74) is 2.40. The molecule has 0 aromatic heterocycles. The summed E-state index contributed by atoms with van der Waals surface area (Å²) in [6, 6.07) is 9.54. The molecule has 0 saturated carbocycles. The van der Waals surface area contributed by atoms with Crippen LogP contribution >= 0.6 is 15.9 Å². The van der Waals surface area contributed by atoms with Crippen molar-refractivity contribution in [3.63, 3.8) is 0 Å². The zero-order valence-corrected chi connectivity index (χ0v) is 11.7. The van der Waals surface area contributed by atoms with Gasteiger partial charge >= 0.3 is 5.97 Å². The molecule has 5 heteroatoms. The average molecular weight is 324 g/mol. The highest BCUT2D eigenvalue weighted by atomic mass is 79.9. The van der Waals surface area contributed by atoms with Gasteiger partial charge in [0.25, 0.3) is 0 Å². The van der Waals surface area contributed by atoms with E-state index in [0.29, 0.717) is 10.0 Å². The number of hydrogen-bond acceptors (Lipinski definition) is 2. The summed E-state index contributed by atoms with van der Waals surface area (Å²) in [5, 5.41) is 12.0. The predicted octanol–water partition coefficient (Wildman–Crippen LogP) is 4.34. The van der Waals surface area contributed by atoms with Crippen LogP contribution in [0.25, 0.3) is 0 Å². The van der Waals surface area contributed by atoms with E-state index in [1.54, 1.807) is 37.3 Å². The van der Waals surface area contributed by atoms with Crippen molar-refractivity contribution >= 4 is 33.3 Å². The summed E-state index contributed by atoms with van der Waals surface area (Å²) in [7, 11) is 0.